The topological polar surface area (TPSA) is 50.7 Å². The minimum atomic E-state index is 0.263. The van der Waals surface area contributed by atoms with Gasteiger partial charge in [-0.2, -0.15) is 0 Å². The smallest absolute Gasteiger partial charge is 0.137 e. The number of phenolic OH excluding ortho intramolecular Hbond substituents is 1. The first kappa shape index (κ1) is 17.0. The molecule has 2 N–H and O–H groups in total. The highest BCUT2D eigenvalue weighted by atomic mass is 79.9. The van der Waals surface area contributed by atoms with Crippen LogP contribution in [0.4, 0.5) is 0 Å². The molecule has 0 spiro atoms. The van der Waals surface area contributed by atoms with Crippen molar-refractivity contribution >= 4 is 27.5 Å². The molecule has 0 atom stereocenters. The maximum Gasteiger partial charge on any atom is 0.137 e. The zero-order valence-electron chi connectivity index (χ0n) is 13.7. The van der Waals surface area contributed by atoms with Crippen molar-refractivity contribution in [1.29, 1.82) is 0 Å². The Morgan fingerprint density at radius 3 is 2.72 bits per heavy atom. The fourth-order valence-electron chi connectivity index (χ4n) is 3.54. The molecule has 0 saturated heterocycles. The van der Waals surface area contributed by atoms with E-state index in [0.29, 0.717) is 11.6 Å². The summed E-state index contributed by atoms with van der Waals surface area (Å²) in [7, 11) is 0. The van der Waals surface area contributed by atoms with Gasteiger partial charge in [0.1, 0.15) is 17.2 Å². The van der Waals surface area contributed by atoms with Gasteiger partial charge in [0.15, 0.2) is 0 Å². The Balaban J connectivity index is 1.48. The highest BCUT2D eigenvalue weighted by Gasteiger charge is 2.29. The Kier molecular flexibility index (Phi) is 4.80. The van der Waals surface area contributed by atoms with E-state index >= 15 is 0 Å². The second-order valence-corrected chi connectivity index (χ2v) is 7.53. The van der Waals surface area contributed by atoms with E-state index in [9.17, 15) is 5.11 Å². The van der Waals surface area contributed by atoms with Gasteiger partial charge in [0.05, 0.1) is 17.7 Å². The van der Waals surface area contributed by atoms with E-state index in [4.69, 9.17) is 21.1 Å². The van der Waals surface area contributed by atoms with Gasteiger partial charge >= 0.3 is 0 Å². The Bertz CT molecular complexity index is 790. The van der Waals surface area contributed by atoms with Crippen molar-refractivity contribution in [2.24, 2.45) is 0 Å². The van der Waals surface area contributed by atoms with Crippen LogP contribution in [0.5, 0.6) is 17.2 Å². The van der Waals surface area contributed by atoms with Crippen LogP contribution >= 0.6 is 27.5 Å². The van der Waals surface area contributed by atoms with Crippen LogP contribution in [0.3, 0.4) is 0 Å². The molecule has 0 aromatic heterocycles. The molecule has 0 aliphatic carbocycles. The third-order valence-electron chi connectivity index (χ3n) is 4.76. The molecule has 0 radical (unpaired) electrons. The lowest BCUT2D eigenvalue weighted by atomic mass is 9.97. The van der Waals surface area contributed by atoms with Gasteiger partial charge in [-0.15, -0.1) is 0 Å². The molecule has 0 amide bonds. The Labute approximate surface area is 160 Å². The van der Waals surface area contributed by atoms with Crippen LogP contribution < -0.4 is 14.8 Å². The van der Waals surface area contributed by atoms with Gasteiger partial charge in [0.25, 0.3) is 0 Å². The molecule has 2 aliphatic rings. The van der Waals surface area contributed by atoms with E-state index in [0.717, 1.165) is 60.6 Å². The lowest BCUT2D eigenvalue weighted by Gasteiger charge is -2.15. The molecule has 2 aliphatic heterocycles. The highest BCUT2D eigenvalue weighted by Crippen LogP contribution is 2.47. The second kappa shape index (κ2) is 7.06. The molecule has 0 bridgehead atoms. The van der Waals surface area contributed by atoms with E-state index in [2.05, 4.69) is 21.2 Å². The molecular weight excluding hydrogens is 406 g/mol. The minimum Gasteiger partial charge on any atom is -0.508 e. The lowest BCUT2D eigenvalue weighted by molar-refractivity contribution is 0.352. The minimum absolute atomic E-state index is 0.263. The van der Waals surface area contributed by atoms with Crippen molar-refractivity contribution < 1.29 is 14.6 Å². The number of hydrogen-bond donors (Lipinski definition) is 2. The summed E-state index contributed by atoms with van der Waals surface area (Å²) in [5.41, 5.74) is 4.55. The molecule has 132 valence electrons. The molecule has 0 fully saturated rings. The molecule has 2 aromatic carbocycles. The van der Waals surface area contributed by atoms with Gasteiger partial charge in [0, 0.05) is 46.7 Å². The first-order chi connectivity index (χ1) is 12.1. The Morgan fingerprint density at radius 2 is 1.88 bits per heavy atom. The summed E-state index contributed by atoms with van der Waals surface area (Å²) >= 11 is 9.68. The molecular formula is C19H19BrClNO3. The molecule has 0 unspecified atom stereocenters. The van der Waals surface area contributed by atoms with E-state index in [1.165, 1.54) is 16.7 Å². The maximum atomic E-state index is 9.90. The van der Waals surface area contributed by atoms with Crippen molar-refractivity contribution in [3.05, 3.63) is 49.9 Å². The number of halogens is 2. The molecule has 0 saturated carbocycles. The zero-order valence-corrected chi connectivity index (χ0v) is 16.0. The van der Waals surface area contributed by atoms with Gasteiger partial charge in [0.2, 0.25) is 0 Å². The van der Waals surface area contributed by atoms with Crippen molar-refractivity contribution in [3.8, 4) is 17.2 Å². The van der Waals surface area contributed by atoms with Crippen LogP contribution in [-0.4, -0.2) is 24.9 Å². The number of rotatable bonds is 5. The van der Waals surface area contributed by atoms with Gasteiger partial charge in [-0.05, 0) is 47.1 Å². The van der Waals surface area contributed by atoms with E-state index < -0.39 is 0 Å². The van der Waals surface area contributed by atoms with E-state index in [1.54, 1.807) is 18.2 Å². The number of benzene rings is 2. The predicted octanol–water partition coefficient (Wildman–Crippen LogP) is 4.01. The summed E-state index contributed by atoms with van der Waals surface area (Å²) in [5.74, 6) is 2.29. The molecule has 4 nitrogen and oxygen atoms in total. The summed E-state index contributed by atoms with van der Waals surface area (Å²) < 4.78 is 12.8. The fourth-order valence-corrected chi connectivity index (χ4v) is 4.47. The monoisotopic (exact) mass is 423 g/mol. The third-order valence-corrected chi connectivity index (χ3v) is 5.83. The van der Waals surface area contributed by atoms with Gasteiger partial charge < -0.3 is 19.9 Å². The first-order valence-electron chi connectivity index (χ1n) is 8.45. The average molecular weight is 425 g/mol. The van der Waals surface area contributed by atoms with E-state index in [-0.39, 0.29) is 5.75 Å². The van der Waals surface area contributed by atoms with Crippen molar-refractivity contribution in [3.63, 3.8) is 0 Å². The summed E-state index contributed by atoms with van der Waals surface area (Å²) in [5, 5.41) is 13.9. The maximum absolute atomic E-state index is 9.90. The summed E-state index contributed by atoms with van der Waals surface area (Å²) in [6, 6.07) is 5.10. The van der Waals surface area contributed by atoms with Crippen LogP contribution in [0.2, 0.25) is 5.02 Å². The summed E-state index contributed by atoms with van der Waals surface area (Å²) in [6.45, 7) is 2.82. The quantitative estimate of drug-likeness (QED) is 0.712. The van der Waals surface area contributed by atoms with Crippen LogP contribution in [0.1, 0.15) is 22.3 Å². The third kappa shape index (κ3) is 3.21. The number of aromatic hydroxyl groups is 1. The summed E-state index contributed by atoms with van der Waals surface area (Å²) in [4.78, 5) is 0. The van der Waals surface area contributed by atoms with Gasteiger partial charge in [-0.3, -0.25) is 0 Å². The summed E-state index contributed by atoms with van der Waals surface area (Å²) in [6.07, 6.45) is 2.71. The first-order valence-corrected chi connectivity index (χ1v) is 9.62. The normalized spacial score (nSPS) is 14.8. The predicted molar refractivity (Wildman–Crippen MR) is 101 cm³/mol. The number of hydrogen-bond acceptors (Lipinski definition) is 4. The fraction of sp³-hybridized carbons (Fsp3) is 0.368. The van der Waals surface area contributed by atoms with Crippen molar-refractivity contribution in [2.45, 2.75) is 25.8 Å². The van der Waals surface area contributed by atoms with E-state index in [1.807, 2.05) is 0 Å². The van der Waals surface area contributed by atoms with Crippen LogP contribution in [-0.2, 0) is 25.8 Å². The molecule has 4 rings (SSSR count). The Hall–Kier alpha value is -1.43. The SMILES string of the molecule is Oc1ccc(Cl)cc1CNCCc1c2c(c(Br)c3c1OCC3)OCC2. The number of fused-ring (bicyclic) bond motifs is 2. The largest absolute Gasteiger partial charge is 0.508 e. The zero-order chi connectivity index (χ0) is 17.4. The van der Waals surface area contributed by atoms with Crippen LogP contribution in [0.15, 0.2) is 22.7 Å². The molecule has 6 heteroatoms. The van der Waals surface area contributed by atoms with Crippen LogP contribution in [0, 0.1) is 0 Å². The lowest BCUT2D eigenvalue weighted by Crippen LogP contribution is -2.17. The van der Waals surface area contributed by atoms with Crippen molar-refractivity contribution in [2.75, 3.05) is 19.8 Å². The van der Waals surface area contributed by atoms with Crippen molar-refractivity contribution in [1.82, 2.24) is 5.32 Å². The standard InChI is InChI=1S/C19H19BrClNO3/c20-17-15-5-8-24-18(15)13(14-4-7-25-19(14)17)3-6-22-10-11-9-12(21)1-2-16(11)23/h1-2,9,22-23H,3-8,10H2. The molecule has 25 heavy (non-hydrogen) atoms. The number of phenols is 1. The number of nitrogens with one attached hydrogen (secondary N) is 1. The van der Waals surface area contributed by atoms with Crippen LogP contribution in [0.25, 0.3) is 0 Å². The van der Waals surface area contributed by atoms with Gasteiger partial charge in [-0.1, -0.05) is 11.6 Å². The highest BCUT2D eigenvalue weighted by molar-refractivity contribution is 9.10. The van der Waals surface area contributed by atoms with Gasteiger partial charge in [-0.25, -0.2) is 0 Å². The molecule has 2 aromatic rings. The average Bonchev–Trinajstić information content (AvgIpc) is 3.26. The Morgan fingerprint density at radius 1 is 1.12 bits per heavy atom. The molecule has 2 heterocycles. The second-order valence-electron chi connectivity index (χ2n) is 6.30. The number of ether oxygens (including phenoxy) is 2.